The third-order valence-electron chi connectivity index (χ3n) is 5.25. The van der Waals surface area contributed by atoms with Crippen LogP contribution in [0.5, 0.6) is 5.75 Å². The number of hydrogen-bond acceptors (Lipinski definition) is 5. The van der Waals surface area contributed by atoms with E-state index < -0.39 is 0 Å². The molecule has 152 valence electrons. The summed E-state index contributed by atoms with van der Waals surface area (Å²) in [6.07, 6.45) is 6.19. The summed E-state index contributed by atoms with van der Waals surface area (Å²) in [6.45, 7) is 2.60. The highest BCUT2D eigenvalue weighted by molar-refractivity contribution is 7.17. The fourth-order valence-corrected chi connectivity index (χ4v) is 4.47. The van der Waals surface area contributed by atoms with Crippen molar-refractivity contribution < 1.29 is 9.53 Å². The van der Waals surface area contributed by atoms with Crippen molar-refractivity contribution in [2.45, 2.75) is 45.4 Å². The van der Waals surface area contributed by atoms with Crippen molar-refractivity contribution in [3.8, 4) is 17.1 Å². The van der Waals surface area contributed by atoms with E-state index in [1.54, 1.807) is 0 Å². The Bertz CT molecular complexity index is 1070. The minimum atomic E-state index is -0.168. The maximum Gasteiger partial charge on any atom is 0.269 e. The zero-order valence-electron chi connectivity index (χ0n) is 16.5. The fourth-order valence-electron chi connectivity index (χ4n) is 3.74. The van der Waals surface area contributed by atoms with Gasteiger partial charge in [0.15, 0.2) is 0 Å². The normalized spacial score (nSPS) is 14.8. The van der Waals surface area contributed by atoms with Gasteiger partial charge in [-0.2, -0.15) is 0 Å². The van der Waals surface area contributed by atoms with Crippen LogP contribution >= 0.6 is 11.3 Å². The number of aromatic nitrogens is 2. The molecule has 6 nitrogen and oxygen atoms in total. The van der Waals surface area contributed by atoms with Crippen LogP contribution in [-0.2, 0) is 4.79 Å². The number of thiophene rings is 1. The number of fused-ring (bicyclic) bond motifs is 1. The van der Waals surface area contributed by atoms with Crippen molar-refractivity contribution in [1.29, 1.82) is 0 Å². The van der Waals surface area contributed by atoms with Crippen molar-refractivity contribution in [2.24, 2.45) is 5.92 Å². The first kappa shape index (κ1) is 19.6. The number of rotatable bonds is 6. The van der Waals surface area contributed by atoms with Gasteiger partial charge in [-0.3, -0.25) is 9.59 Å². The largest absolute Gasteiger partial charge is 0.493 e. The van der Waals surface area contributed by atoms with Crippen LogP contribution in [0.15, 0.2) is 34.4 Å². The van der Waals surface area contributed by atoms with Crippen LogP contribution in [0.4, 0.5) is 5.69 Å². The van der Waals surface area contributed by atoms with Crippen LogP contribution < -0.4 is 15.6 Å². The zero-order chi connectivity index (χ0) is 20.2. The van der Waals surface area contributed by atoms with E-state index in [9.17, 15) is 9.59 Å². The quantitative estimate of drug-likeness (QED) is 0.600. The van der Waals surface area contributed by atoms with Crippen molar-refractivity contribution in [1.82, 2.24) is 9.97 Å². The molecule has 0 radical (unpaired) electrons. The highest BCUT2D eigenvalue weighted by Gasteiger charge is 2.22. The monoisotopic (exact) mass is 411 g/mol. The van der Waals surface area contributed by atoms with Gasteiger partial charge in [0, 0.05) is 11.6 Å². The van der Waals surface area contributed by atoms with Crippen molar-refractivity contribution in [3.63, 3.8) is 0 Å². The topological polar surface area (TPSA) is 84.1 Å². The SMILES string of the molecule is CCCOc1ccc(NC(=O)C2CCCCC2)cc1-c1nc2ccsc2c(=O)[nH]1. The number of carbonyl (C=O) groups excluding carboxylic acids is 1. The van der Waals surface area contributed by atoms with Crippen LogP contribution in [0.2, 0.25) is 0 Å². The molecule has 0 saturated heterocycles. The number of anilines is 1. The summed E-state index contributed by atoms with van der Waals surface area (Å²) in [4.78, 5) is 32.6. The molecule has 1 saturated carbocycles. The minimum Gasteiger partial charge on any atom is -0.493 e. The van der Waals surface area contributed by atoms with Crippen molar-refractivity contribution in [3.05, 3.63) is 40.0 Å². The lowest BCUT2D eigenvalue weighted by atomic mass is 9.88. The van der Waals surface area contributed by atoms with Gasteiger partial charge in [0.2, 0.25) is 5.91 Å². The van der Waals surface area contributed by atoms with Gasteiger partial charge in [0.1, 0.15) is 16.3 Å². The Hall–Kier alpha value is -2.67. The molecular weight excluding hydrogens is 386 g/mol. The molecule has 7 heteroatoms. The summed E-state index contributed by atoms with van der Waals surface area (Å²) in [6, 6.07) is 7.35. The number of aromatic amines is 1. The fraction of sp³-hybridized carbons (Fsp3) is 0.409. The molecule has 4 rings (SSSR count). The molecule has 1 aliphatic carbocycles. The van der Waals surface area contributed by atoms with Crippen LogP contribution in [0, 0.1) is 5.92 Å². The summed E-state index contributed by atoms with van der Waals surface area (Å²) in [7, 11) is 0. The molecule has 2 heterocycles. The summed E-state index contributed by atoms with van der Waals surface area (Å²) in [5, 5.41) is 4.89. The van der Waals surface area contributed by atoms with Gasteiger partial charge in [-0.25, -0.2) is 4.98 Å². The van der Waals surface area contributed by atoms with Gasteiger partial charge in [0.05, 0.1) is 17.7 Å². The van der Waals surface area contributed by atoms with Crippen molar-refractivity contribution >= 4 is 33.1 Å². The molecule has 1 amide bonds. The van der Waals surface area contributed by atoms with E-state index in [0.29, 0.717) is 39.6 Å². The Labute approximate surface area is 173 Å². The van der Waals surface area contributed by atoms with Crippen LogP contribution in [0.3, 0.4) is 0 Å². The van der Waals surface area contributed by atoms with E-state index in [2.05, 4.69) is 15.3 Å². The second kappa shape index (κ2) is 8.78. The minimum absolute atomic E-state index is 0.0626. The van der Waals surface area contributed by atoms with Crippen LogP contribution in [0.1, 0.15) is 45.4 Å². The lowest BCUT2D eigenvalue weighted by molar-refractivity contribution is -0.120. The van der Waals surface area contributed by atoms with E-state index in [4.69, 9.17) is 4.74 Å². The maximum atomic E-state index is 12.7. The summed E-state index contributed by atoms with van der Waals surface area (Å²) in [5.41, 5.74) is 1.85. The number of hydrogen-bond donors (Lipinski definition) is 2. The summed E-state index contributed by atoms with van der Waals surface area (Å²) < 4.78 is 6.48. The van der Waals surface area contributed by atoms with Gasteiger partial charge in [-0.15, -0.1) is 11.3 Å². The first-order valence-electron chi connectivity index (χ1n) is 10.2. The summed E-state index contributed by atoms with van der Waals surface area (Å²) >= 11 is 1.37. The maximum absolute atomic E-state index is 12.7. The summed E-state index contributed by atoms with van der Waals surface area (Å²) in [5.74, 6) is 1.22. The van der Waals surface area contributed by atoms with Crippen LogP contribution in [-0.4, -0.2) is 22.5 Å². The number of nitrogens with one attached hydrogen (secondary N) is 2. The second-order valence-corrected chi connectivity index (χ2v) is 8.35. The van der Waals surface area contributed by atoms with Crippen molar-refractivity contribution in [2.75, 3.05) is 11.9 Å². The average molecular weight is 412 g/mol. The Morgan fingerprint density at radius 2 is 2.10 bits per heavy atom. The van der Waals surface area contributed by atoms with E-state index in [1.807, 2.05) is 36.6 Å². The molecule has 0 unspecified atom stereocenters. The first-order valence-corrected chi connectivity index (χ1v) is 11.1. The first-order chi connectivity index (χ1) is 14.2. The predicted molar refractivity (Wildman–Crippen MR) is 117 cm³/mol. The molecule has 3 aromatic rings. The number of carbonyl (C=O) groups is 1. The highest BCUT2D eigenvalue weighted by Crippen LogP contribution is 2.32. The molecule has 0 spiro atoms. The second-order valence-electron chi connectivity index (χ2n) is 7.43. The average Bonchev–Trinajstić information content (AvgIpc) is 3.23. The third kappa shape index (κ3) is 4.34. The molecular formula is C22H25N3O3S. The smallest absolute Gasteiger partial charge is 0.269 e. The number of H-pyrrole nitrogens is 1. The molecule has 0 atom stereocenters. The Balaban J connectivity index is 1.68. The lowest BCUT2D eigenvalue weighted by Crippen LogP contribution is -2.24. The predicted octanol–water partition coefficient (Wildman–Crippen LogP) is 4.96. The Morgan fingerprint density at radius 1 is 1.28 bits per heavy atom. The van der Waals surface area contributed by atoms with E-state index in [-0.39, 0.29) is 17.4 Å². The standard InChI is InChI=1S/C22H25N3O3S/c1-2-11-28-18-9-8-15(23-21(26)14-6-4-3-5-7-14)13-16(18)20-24-17-10-12-29-19(17)22(27)25-20/h8-10,12-14H,2-7,11H2,1H3,(H,23,26)(H,24,25,27). The Kier molecular flexibility index (Phi) is 5.94. The van der Waals surface area contributed by atoms with E-state index in [0.717, 1.165) is 32.1 Å². The van der Waals surface area contributed by atoms with E-state index >= 15 is 0 Å². The highest BCUT2D eigenvalue weighted by atomic mass is 32.1. The van der Waals surface area contributed by atoms with Gasteiger partial charge < -0.3 is 15.0 Å². The lowest BCUT2D eigenvalue weighted by Gasteiger charge is -2.21. The molecule has 1 aromatic carbocycles. The molecule has 0 bridgehead atoms. The number of nitrogens with zero attached hydrogens (tertiary/aromatic N) is 1. The Morgan fingerprint density at radius 3 is 2.90 bits per heavy atom. The van der Waals surface area contributed by atoms with Gasteiger partial charge >= 0.3 is 0 Å². The number of benzene rings is 1. The number of amides is 1. The van der Waals surface area contributed by atoms with Gasteiger partial charge in [-0.1, -0.05) is 26.2 Å². The number of ether oxygens (including phenoxy) is 1. The molecule has 1 fully saturated rings. The molecule has 29 heavy (non-hydrogen) atoms. The zero-order valence-corrected chi connectivity index (χ0v) is 17.3. The third-order valence-corrected chi connectivity index (χ3v) is 6.16. The van der Waals surface area contributed by atoms with Gasteiger partial charge in [0.25, 0.3) is 5.56 Å². The van der Waals surface area contributed by atoms with Crippen LogP contribution in [0.25, 0.3) is 21.6 Å². The molecule has 1 aliphatic rings. The molecule has 2 aromatic heterocycles. The molecule has 0 aliphatic heterocycles. The van der Waals surface area contributed by atoms with Gasteiger partial charge in [-0.05, 0) is 48.9 Å². The molecule has 2 N–H and O–H groups in total. The van der Waals surface area contributed by atoms with E-state index in [1.165, 1.54) is 17.8 Å².